The lowest BCUT2D eigenvalue weighted by Crippen LogP contribution is -2.33. The number of nitrogens with one attached hydrogen (secondary N) is 1. The summed E-state index contributed by atoms with van der Waals surface area (Å²) in [5, 5.41) is 3.59. The fraction of sp³-hybridized carbons (Fsp3) is 0.333. The van der Waals surface area contributed by atoms with Crippen LogP contribution >= 0.6 is 11.6 Å². The lowest BCUT2D eigenvalue weighted by molar-refractivity contribution is -0.130. The van der Waals surface area contributed by atoms with E-state index >= 15 is 0 Å². The minimum Gasteiger partial charge on any atom is -0.356 e. The molecule has 0 aliphatic carbocycles. The van der Waals surface area contributed by atoms with E-state index in [2.05, 4.69) is 17.4 Å². The van der Waals surface area contributed by atoms with Crippen LogP contribution in [0.15, 0.2) is 54.6 Å². The van der Waals surface area contributed by atoms with Crippen LogP contribution in [-0.2, 0) is 22.6 Å². The highest BCUT2D eigenvalue weighted by molar-refractivity contribution is 6.30. The summed E-state index contributed by atoms with van der Waals surface area (Å²) in [4.78, 5) is 25.5. The Hall–Kier alpha value is -2.33. The standard InChI is InChI=1S/C21H25ClN2O2/c1-17(25)24(16-19-9-11-20(22)12-10-19)15-13-21(26)23-14-5-8-18-6-3-2-4-7-18/h2-4,6-7,9-12H,5,8,13-16H2,1H3,(H,23,26). The van der Waals surface area contributed by atoms with E-state index in [9.17, 15) is 9.59 Å². The normalized spacial score (nSPS) is 10.4. The number of carbonyl (C=O) groups excluding carboxylic acids is 2. The molecule has 0 bridgehead atoms. The van der Waals surface area contributed by atoms with Crippen LogP contribution in [-0.4, -0.2) is 29.8 Å². The average molecular weight is 373 g/mol. The topological polar surface area (TPSA) is 49.4 Å². The first kappa shape index (κ1) is 20.0. The maximum Gasteiger partial charge on any atom is 0.221 e. The smallest absolute Gasteiger partial charge is 0.221 e. The maximum absolute atomic E-state index is 12.0. The second kappa shape index (κ2) is 10.6. The maximum atomic E-state index is 12.0. The number of halogens is 1. The van der Waals surface area contributed by atoms with Crippen LogP contribution in [0.5, 0.6) is 0 Å². The Morgan fingerprint density at radius 3 is 2.35 bits per heavy atom. The summed E-state index contributed by atoms with van der Waals surface area (Å²) in [6.45, 7) is 3.05. The molecule has 0 spiro atoms. The largest absolute Gasteiger partial charge is 0.356 e. The van der Waals surface area contributed by atoms with Crippen LogP contribution in [0.25, 0.3) is 0 Å². The molecule has 1 N–H and O–H groups in total. The van der Waals surface area contributed by atoms with E-state index in [4.69, 9.17) is 11.6 Å². The molecular formula is C21H25ClN2O2. The average Bonchev–Trinajstić information content (AvgIpc) is 2.64. The number of carbonyl (C=O) groups is 2. The second-order valence-electron chi connectivity index (χ2n) is 6.26. The van der Waals surface area contributed by atoms with E-state index in [0.29, 0.717) is 31.1 Å². The van der Waals surface area contributed by atoms with Gasteiger partial charge in [-0.05, 0) is 36.1 Å². The van der Waals surface area contributed by atoms with Gasteiger partial charge in [0.1, 0.15) is 0 Å². The number of aryl methyl sites for hydroxylation is 1. The highest BCUT2D eigenvalue weighted by Gasteiger charge is 2.11. The number of amides is 2. The molecular weight excluding hydrogens is 348 g/mol. The Morgan fingerprint density at radius 1 is 1.00 bits per heavy atom. The van der Waals surface area contributed by atoms with E-state index in [-0.39, 0.29) is 11.8 Å². The Kier molecular flexibility index (Phi) is 8.16. The lowest BCUT2D eigenvalue weighted by atomic mass is 10.1. The Labute approximate surface area is 160 Å². The predicted molar refractivity (Wildman–Crippen MR) is 105 cm³/mol. The van der Waals surface area contributed by atoms with Crippen molar-refractivity contribution < 1.29 is 9.59 Å². The van der Waals surface area contributed by atoms with Crippen molar-refractivity contribution in [2.45, 2.75) is 32.7 Å². The summed E-state index contributed by atoms with van der Waals surface area (Å²) in [6.07, 6.45) is 2.15. The van der Waals surface area contributed by atoms with E-state index in [1.807, 2.05) is 30.3 Å². The predicted octanol–water partition coefficient (Wildman–Crippen LogP) is 3.83. The van der Waals surface area contributed by atoms with Crippen LogP contribution in [0.4, 0.5) is 0 Å². The molecule has 0 saturated carbocycles. The zero-order valence-electron chi connectivity index (χ0n) is 15.1. The molecule has 4 nitrogen and oxygen atoms in total. The van der Waals surface area contributed by atoms with E-state index in [0.717, 1.165) is 18.4 Å². The molecule has 0 heterocycles. The van der Waals surface area contributed by atoms with Gasteiger partial charge in [0.25, 0.3) is 0 Å². The molecule has 2 rings (SSSR count). The summed E-state index contributed by atoms with van der Waals surface area (Å²) in [7, 11) is 0. The zero-order valence-corrected chi connectivity index (χ0v) is 15.8. The molecule has 2 aromatic carbocycles. The van der Waals surface area contributed by atoms with Crippen molar-refractivity contribution in [3.8, 4) is 0 Å². The molecule has 26 heavy (non-hydrogen) atoms. The van der Waals surface area contributed by atoms with E-state index < -0.39 is 0 Å². The third-order valence-electron chi connectivity index (χ3n) is 4.15. The van der Waals surface area contributed by atoms with Gasteiger partial charge in [-0.3, -0.25) is 9.59 Å². The minimum absolute atomic E-state index is 0.0274. The van der Waals surface area contributed by atoms with E-state index in [1.165, 1.54) is 12.5 Å². The summed E-state index contributed by atoms with van der Waals surface area (Å²) in [5.41, 5.74) is 2.26. The fourth-order valence-corrected chi connectivity index (χ4v) is 2.77. The van der Waals surface area contributed by atoms with Crippen LogP contribution in [0.1, 0.15) is 30.9 Å². The molecule has 138 valence electrons. The third kappa shape index (κ3) is 7.28. The molecule has 0 fully saturated rings. The third-order valence-corrected chi connectivity index (χ3v) is 4.40. The SMILES string of the molecule is CC(=O)N(CCC(=O)NCCCc1ccccc1)Cc1ccc(Cl)cc1. The second-order valence-corrected chi connectivity index (χ2v) is 6.69. The van der Waals surface area contributed by atoms with Crippen molar-refractivity contribution in [3.63, 3.8) is 0 Å². The van der Waals surface area contributed by atoms with Gasteiger partial charge < -0.3 is 10.2 Å². The van der Waals surface area contributed by atoms with E-state index in [1.54, 1.807) is 17.0 Å². The number of rotatable bonds is 9. The van der Waals surface area contributed by atoms with Gasteiger partial charge >= 0.3 is 0 Å². The fourth-order valence-electron chi connectivity index (χ4n) is 2.65. The van der Waals surface area contributed by atoms with Crippen LogP contribution in [0, 0.1) is 0 Å². The summed E-state index contributed by atoms with van der Waals surface area (Å²) < 4.78 is 0. The quantitative estimate of drug-likeness (QED) is 0.680. The Morgan fingerprint density at radius 2 is 1.69 bits per heavy atom. The Balaban J connectivity index is 1.69. The molecule has 0 aliphatic rings. The van der Waals surface area contributed by atoms with Gasteiger partial charge in [-0.2, -0.15) is 0 Å². The van der Waals surface area contributed by atoms with Crippen LogP contribution in [0.3, 0.4) is 0 Å². The summed E-state index contributed by atoms with van der Waals surface area (Å²) in [6, 6.07) is 17.6. The monoisotopic (exact) mass is 372 g/mol. The van der Waals surface area contributed by atoms with Crippen LogP contribution in [0.2, 0.25) is 5.02 Å². The highest BCUT2D eigenvalue weighted by atomic mass is 35.5. The van der Waals surface area contributed by atoms with Crippen LogP contribution < -0.4 is 5.32 Å². The van der Waals surface area contributed by atoms with Gasteiger partial charge in [0, 0.05) is 38.0 Å². The molecule has 2 amide bonds. The van der Waals surface area contributed by atoms with Crippen molar-refractivity contribution in [2.24, 2.45) is 0 Å². The van der Waals surface area contributed by atoms with Gasteiger partial charge in [0.15, 0.2) is 0 Å². The van der Waals surface area contributed by atoms with Gasteiger partial charge in [0.2, 0.25) is 11.8 Å². The number of nitrogens with zero attached hydrogens (tertiary/aromatic N) is 1. The minimum atomic E-state index is -0.0446. The molecule has 0 aromatic heterocycles. The first-order valence-electron chi connectivity index (χ1n) is 8.85. The molecule has 0 aliphatic heterocycles. The summed E-state index contributed by atoms with van der Waals surface area (Å²) >= 11 is 5.88. The van der Waals surface area contributed by atoms with Crippen molar-refractivity contribution in [3.05, 3.63) is 70.7 Å². The molecule has 0 saturated heterocycles. The molecule has 0 radical (unpaired) electrons. The van der Waals surface area contributed by atoms with Gasteiger partial charge in [0.05, 0.1) is 0 Å². The van der Waals surface area contributed by atoms with Gasteiger partial charge in [-0.1, -0.05) is 54.1 Å². The number of benzene rings is 2. The van der Waals surface area contributed by atoms with Crippen molar-refractivity contribution in [2.75, 3.05) is 13.1 Å². The molecule has 5 heteroatoms. The van der Waals surface area contributed by atoms with Crippen molar-refractivity contribution >= 4 is 23.4 Å². The lowest BCUT2D eigenvalue weighted by Gasteiger charge is -2.21. The van der Waals surface area contributed by atoms with Crippen molar-refractivity contribution in [1.82, 2.24) is 10.2 Å². The molecule has 2 aromatic rings. The number of hydrogen-bond donors (Lipinski definition) is 1. The number of hydrogen-bond acceptors (Lipinski definition) is 2. The highest BCUT2D eigenvalue weighted by Crippen LogP contribution is 2.12. The van der Waals surface area contributed by atoms with Crippen molar-refractivity contribution in [1.29, 1.82) is 0 Å². The zero-order chi connectivity index (χ0) is 18.8. The summed E-state index contributed by atoms with van der Waals surface area (Å²) in [5.74, 6) is -0.0720. The molecule has 0 atom stereocenters. The first-order valence-corrected chi connectivity index (χ1v) is 9.23. The van der Waals surface area contributed by atoms with Gasteiger partial charge in [-0.25, -0.2) is 0 Å². The first-order chi connectivity index (χ1) is 12.5. The van der Waals surface area contributed by atoms with Gasteiger partial charge in [-0.15, -0.1) is 0 Å². The Bertz CT molecular complexity index is 702. The molecule has 0 unspecified atom stereocenters.